The van der Waals surface area contributed by atoms with Crippen LogP contribution in [0.1, 0.15) is 19.3 Å². The fraction of sp³-hybridized carbons (Fsp3) is 0.379. The molecule has 0 amide bonds. The quantitative estimate of drug-likeness (QED) is 0.172. The normalized spacial score (nSPS) is 19.4. The van der Waals surface area contributed by atoms with Gasteiger partial charge in [-0.15, -0.1) is 0 Å². The van der Waals surface area contributed by atoms with Crippen LogP contribution in [-0.2, 0) is 0 Å². The number of rotatable bonds is 7. The summed E-state index contributed by atoms with van der Waals surface area (Å²) in [6.45, 7) is 2.71. The van der Waals surface area contributed by atoms with Gasteiger partial charge in [0.05, 0.1) is 5.02 Å². The van der Waals surface area contributed by atoms with E-state index in [2.05, 4.69) is 29.2 Å². The molecular weight excluding hydrogens is 505 g/mol. The van der Waals surface area contributed by atoms with Crippen molar-refractivity contribution < 1.29 is 4.39 Å². The van der Waals surface area contributed by atoms with Crippen molar-refractivity contribution in [2.45, 2.75) is 36.5 Å². The Balaban J connectivity index is 1.49. The monoisotopic (exact) mass is 535 g/mol. The predicted molar refractivity (Wildman–Crippen MR) is 154 cm³/mol. The van der Waals surface area contributed by atoms with E-state index < -0.39 is 0 Å². The summed E-state index contributed by atoms with van der Waals surface area (Å²) in [7, 11) is 4.14. The van der Waals surface area contributed by atoms with Crippen molar-refractivity contribution in [2.75, 3.05) is 44.4 Å². The van der Waals surface area contributed by atoms with Crippen molar-refractivity contribution in [3.63, 3.8) is 0 Å². The molecular formula is C29H31ClFN5S. The van der Waals surface area contributed by atoms with Crippen LogP contribution in [0, 0.1) is 5.82 Å². The molecule has 37 heavy (non-hydrogen) atoms. The number of benzene rings is 3. The molecule has 192 valence electrons. The molecule has 2 unspecified atom stereocenters. The molecule has 0 spiro atoms. The van der Waals surface area contributed by atoms with E-state index in [-0.39, 0.29) is 5.82 Å². The molecule has 2 aliphatic heterocycles. The van der Waals surface area contributed by atoms with Crippen LogP contribution >= 0.6 is 23.4 Å². The molecule has 2 bridgehead atoms. The first kappa shape index (κ1) is 24.9. The number of halogens is 2. The third kappa shape index (κ3) is 4.90. The molecule has 1 aromatic heterocycles. The highest BCUT2D eigenvalue weighted by molar-refractivity contribution is 7.99. The molecule has 8 heteroatoms. The second-order valence-corrected chi connectivity index (χ2v) is 11.8. The molecule has 2 fully saturated rings. The van der Waals surface area contributed by atoms with E-state index in [0.29, 0.717) is 38.7 Å². The molecule has 3 aromatic carbocycles. The van der Waals surface area contributed by atoms with E-state index in [1.165, 1.54) is 0 Å². The van der Waals surface area contributed by atoms with Crippen LogP contribution in [0.5, 0.6) is 0 Å². The summed E-state index contributed by atoms with van der Waals surface area (Å²) >= 11 is 8.46. The smallest absolute Gasteiger partial charge is 0.190 e. The molecule has 6 rings (SSSR count). The molecule has 0 radical (unpaired) electrons. The molecule has 3 heterocycles. The number of nitrogens with one attached hydrogen (secondary N) is 1. The second-order valence-electron chi connectivity index (χ2n) is 10.3. The number of piperazine rings is 1. The van der Waals surface area contributed by atoms with Crippen molar-refractivity contribution in [1.29, 1.82) is 0 Å². The maximum Gasteiger partial charge on any atom is 0.190 e. The minimum absolute atomic E-state index is 0.346. The number of fused-ring (bicyclic) bond motifs is 4. The number of hydrogen-bond donors (Lipinski definition) is 1. The lowest BCUT2D eigenvalue weighted by Crippen LogP contribution is -2.51. The molecule has 0 aliphatic carbocycles. The first-order chi connectivity index (χ1) is 18.0. The lowest BCUT2D eigenvalue weighted by molar-refractivity contribution is 0.410. The van der Waals surface area contributed by atoms with Crippen molar-refractivity contribution >= 4 is 50.9 Å². The third-order valence-electron chi connectivity index (χ3n) is 7.40. The maximum absolute atomic E-state index is 16.5. The average Bonchev–Trinajstić information content (AvgIpc) is 3.23. The summed E-state index contributed by atoms with van der Waals surface area (Å²) in [6.07, 6.45) is 3.34. The average molecular weight is 536 g/mol. The Hall–Kier alpha value is -2.45. The molecule has 5 nitrogen and oxygen atoms in total. The first-order valence-corrected chi connectivity index (χ1v) is 14.3. The zero-order chi connectivity index (χ0) is 25.5. The van der Waals surface area contributed by atoms with Gasteiger partial charge in [0.25, 0.3) is 0 Å². The van der Waals surface area contributed by atoms with Gasteiger partial charge in [-0.1, -0.05) is 65.8 Å². The van der Waals surface area contributed by atoms with E-state index in [9.17, 15) is 0 Å². The fourth-order valence-electron chi connectivity index (χ4n) is 5.67. The van der Waals surface area contributed by atoms with E-state index in [0.717, 1.165) is 66.8 Å². The minimum Gasteiger partial charge on any atom is -0.353 e. The largest absolute Gasteiger partial charge is 0.353 e. The van der Waals surface area contributed by atoms with Crippen molar-refractivity contribution in [3.8, 4) is 11.1 Å². The number of hydrogen-bond acceptors (Lipinski definition) is 6. The van der Waals surface area contributed by atoms with E-state index in [1.807, 2.05) is 48.5 Å². The lowest BCUT2D eigenvalue weighted by atomic mass is 9.96. The summed E-state index contributed by atoms with van der Waals surface area (Å²) in [5, 5.41) is 7.39. The molecule has 2 atom stereocenters. The van der Waals surface area contributed by atoms with Crippen LogP contribution in [-0.4, -0.2) is 66.4 Å². The van der Waals surface area contributed by atoms with Crippen LogP contribution < -0.4 is 10.2 Å². The Kier molecular flexibility index (Phi) is 6.97. The number of anilines is 1. The minimum atomic E-state index is -0.379. The van der Waals surface area contributed by atoms with Crippen LogP contribution in [0.4, 0.5) is 10.2 Å². The second kappa shape index (κ2) is 10.4. The third-order valence-corrected chi connectivity index (χ3v) is 8.63. The standard InChI is InChI=1S/C29H31ClFN5S/c1-35(2)13-6-14-37-29-33-27-23(28(34-29)36-16-19-11-12-20(17-36)32-19)15-24(30)25(26(27)31)22-10-5-8-18-7-3-4-9-21(18)22/h3-5,7-10,15,19-20,32H,6,11-14,16-17H2,1-2H3. The highest BCUT2D eigenvalue weighted by Crippen LogP contribution is 2.41. The number of nitrogens with zero attached hydrogens (tertiary/aromatic N) is 4. The zero-order valence-electron chi connectivity index (χ0n) is 21.2. The van der Waals surface area contributed by atoms with Gasteiger partial charge >= 0.3 is 0 Å². The molecule has 2 saturated heterocycles. The Labute approximate surface area is 226 Å². The number of thioether (sulfide) groups is 1. The van der Waals surface area contributed by atoms with Gasteiger partial charge in [0.1, 0.15) is 11.3 Å². The topological polar surface area (TPSA) is 44.3 Å². The van der Waals surface area contributed by atoms with Crippen molar-refractivity contribution in [1.82, 2.24) is 20.2 Å². The molecule has 0 saturated carbocycles. The first-order valence-electron chi connectivity index (χ1n) is 12.9. The fourth-order valence-corrected chi connectivity index (χ4v) is 6.73. The van der Waals surface area contributed by atoms with Gasteiger partial charge in [-0.3, -0.25) is 0 Å². The Bertz CT molecular complexity index is 1440. The van der Waals surface area contributed by atoms with Crippen LogP contribution in [0.3, 0.4) is 0 Å². The van der Waals surface area contributed by atoms with Crippen LogP contribution in [0.25, 0.3) is 32.8 Å². The van der Waals surface area contributed by atoms with Gasteiger partial charge in [-0.2, -0.15) is 0 Å². The van der Waals surface area contributed by atoms with Gasteiger partial charge in [-0.05, 0) is 62.3 Å². The van der Waals surface area contributed by atoms with Crippen molar-refractivity contribution in [3.05, 3.63) is 59.4 Å². The van der Waals surface area contributed by atoms with Gasteiger partial charge in [0.15, 0.2) is 11.0 Å². The summed E-state index contributed by atoms with van der Waals surface area (Å²) in [4.78, 5) is 14.2. The van der Waals surface area contributed by atoms with Crippen LogP contribution in [0.2, 0.25) is 5.02 Å². The van der Waals surface area contributed by atoms with Gasteiger partial charge in [-0.25, -0.2) is 14.4 Å². The van der Waals surface area contributed by atoms with Gasteiger partial charge < -0.3 is 15.1 Å². The molecule has 4 aromatic rings. The Morgan fingerprint density at radius 2 is 1.81 bits per heavy atom. The van der Waals surface area contributed by atoms with Gasteiger partial charge in [0.2, 0.25) is 0 Å². The van der Waals surface area contributed by atoms with Crippen molar-refractivity contribution in [2.24, 2.45) is 0 Å². The predicted octanol–water partition coefficient (Wildman–Crippen LogP) is 6.23. The summed E-state index contributed by atoms with van der Waals surface area (Å²) in [6, 6.07) is 16.7. The maximum atomic E-state index is 16.5. The highest BCUT2D eigenvalue weighted by Gasteiger charge is 2.34. The molecule has 2 aliphatic rings. The Morgan fingerprint density at radius 1 is 1.05 bits per heavy atom. The Morgan fingerprint density at radius 3 is 2.59 bits per heavy atom. The number of aromatic nitrogens is 2. The van der Waals surface area contributed by atoms with Gasteiger partial charge in [0, 0.05) is 41.9 Å². The summed E-state index contributed by atoms with van der Waals surface area (Å²) in [5.41, 5.74) is 1.53. The summed E-state index contributed by atoms with van der Waals surface area (Å²) < 4.78 is 16.5. The highest BCUT2D eigenvalue weighted by atomic mass is 35.5. The summed E-state index contributed by atoms with van der Waals surface area (Å²) in [5.74, 6) is 1.29. The van der Waals surface area contributed by atoms with E-state index in [4.69, 9.17) is 21.6 Å². The zero-order valence-corrected chi connectivity index (χ0v) is 22.7. The van der Waals surface area contributed by atoms with E-state index >= 15 is 4.39 Å². The SMILES string of the molecule is CN(C)CCCSc1nc(N2CC3CCC(C2)N3)c2cc(Cl)c(-c3cccc4ccccc34)c(F)c2n1. The van der Waals surface area contributed by atoms with E-state index in [1.54, 1.807) is 11.8 Å². The molecule has 1 N–H and O–H groups in total. The lowest BCUT2D eigenvalue weighted by Gasteiger charge is -2.34. The van der Waals surface area contributed by atoms with Crippen LogP contribution in [0.15, 0.2) is 53.7 Å².